The Morgan fingerprint density at radius 1 is 0.833 bits per heavy atom. The van der Waals surface area contributed by atoms with Gasteiger partial charge in [-0.25, -0.2) is 0 Å². The molecular formula is C14H31NOS2. The van der Waals surface area contributed by atoms with Gasteiger partial charge in [0.25, 0.3) is 0 Å². The molecule has 0 aliphatic carbocycles. The lowest BCUT2D eigenvalue weighted by Crippen LogP contribution is -2.16. The maximum absolute atomic E-state index is 8.64. The summed E-state index contributed by atoms with van der Waals surface area (Å²) in [5, 5.41) is 12.7. The molecule has 0 fully saturated rings. The van der Waals surface area contributed by atoms with Crippen LogP contribution in [0, 0.1) is 0 Å². The van der Waals surface area contributed by atoms with E-state index in [0.717, 1.165) is 38.1 Å². The lowest BCUT2D eigenvalue weighted by atomic mass is 10.1. The van der Waals surface area contributed by atoms with Crippen molar-refractivity contribution in [1.29, 1.82) is 0 Å². The molecular weight excluding hydrogens is 262 g/mol. The van der Waals surface area contributed by atoms with Gasteiger partial charge in [0.2, 0.25) is 0 Å². The van der Waals surface area contributed by atoms with Crippen LogP contribution in [-0.4, -0.2) is 35.8 Å². The first kappa shape index (κ1) is 18.6. The number of unbranched alkanes of at least 4 members (excludes halogenated alkanes) is 5. The van der Waals surface area contributed by atoms with E-state index in [4.69, 9.17) is 5.11 Å². The maximum atomic E-state index is 8.64. The second-order valence-corrected chi connectivity index (χ2v) is 6.08. The van der Waals surface area contributed by atoms with Crippen LogP contribution >= 0.6 is 25.3 Å². The zero-order valence-corrected chi connectivity index (χ0v) is 13.4. The van der Waals surface area contributed by atoms with Crippen molar-refractivity contribution in [1.82, 2.24) is 5.32 Å². The monoisotopic (exact) mass is 293 g/mol. The summed E-state index contributed by atoms with van der Waals surface area (Å²) in [6, 6.07) is 0. The third-order valence-corrected chi connectivity index (χ3v) is 3.89. The minimum Gasteiger partial charge on any atom is -0.396 e. The Hall–Kier alpha value is 0.620. The minimum atomic E-state index is 0.340. The van der Waals surface area contributed by atoms with Crippen LogP contribution in [-0.2, 0) is 0 Å². The van der Waals surface area contributed by atoms with Gasteiger partial charge in [-0.15, -0.1) is 0 Å². The molecule has 0 amide bonds. The molecule has 0 rings (SSSR count). The molecule has 1 atom stereocenters. The summed E-state index contributed by atoms with van der Waals surface area (Å²) in [6.45, 7) is 2.61. The van der Waals surface area contributed by atoms with Crippen LogP contribution in [0.25, 0.3) is 0 Å². The SMILES string of the molecule is OCCCCCCNCCCCCC(S)CCS. The van der Waals surface area contributed by atoms with Gasteiger partial charge in [-0.1, -0.05) is 25.7 Å². The van der Waals surface area contributed by atoms with Crippen molar-refractivity contribution in [2.45, 2.75) is 63.0 Å². The third-order valence-electron chi connectivity index (χ3n) is 3.11. The van der Waals surface area contributed by atoms with Gasteiger partial charge in [0.1, 0.15) is 0 Å². The van der Waals surface area contributed by atoms with Gasteiger partial charge in [-0.3, -0.25) is 0 Å². The molecule has 0 saturated heterocycles. The van der Waals surface area contributed by atoms with Crippen molar-refractivity contribution in [2.24, 2.45) is 0 Å². The molecule has 0 spiro atoms. The van der Waals surface area contributed by atoms with Crippen molar-refractivity contribution in [3.05, 3.63) is 0 Å². The fourth-order valence-corrected chi connectivity index (χ4v) is 2.77. The van der Waals surface area contributed by atoms with Crippen LogP contribution in [0.1, 0.15) is 57.8 Å². The molecule has 0 aromatic carbocycles. The molecule has 0 radical (unpaired) electrons. The first-order chi connectivity index (χ1) is 8.81. The Bertz CT molecular complexity index is 159. The summed E-state index contributed by atoms with van der Waals surface area (Å²) in [6.07, 6.45) is 10.8. The molecule has 0 aromatic heterocycles. The number of aliphatic hydroxyl groups is 1. The summed E-state index contributed by atoms with van der Waals surface area (Å²) in [5.41, 5.74) is 0. The number of hydrogen-bond acceptors (Lipinski definition) is 4. The number of aliphatic hydroxyl groups excluding tert-OH is 1. The number of nitrogens with one attached hydrogen (secondary N) is 1. The van der Waals surface area contributed by atoms with Crippen molar-refractivity contribution in [2.75, 3.05) is 25.4 Å². The van der Waals surface area contributed by atoms with E-state index in [1.165, 1.54) is 38.5 Å². The summed E-state index contributed by atoms with van der Waals surface area (Å²) < 4.78 is 0. The quantitative estimate of drug-likeness (QED) is 0.293. The van der Waals surface area contributed by atoms with Crippen LogP contribution in [0.3, 0.4) is 0 Å². The van der Waals surface area contributed by atoms with Crippen LogP contribution in [0.4, 0.5) is 0 Å². The first-order valence-electron chi connectivity index (χ1n) is 7.41. The molecule has 0 heterocycles. The van der Waals surface area contributed by atoms with Crippen molar-refractivity contribution < 1.29 is 5.11 Å². The molecule has 0 aliphatic rings. The highest BCUT2D eigenvalue weighted by molar-refractivity contribution is 7.81. The third kappa shape index (κ3) is 14.7. The highest BCUT2D eigenvalue weighted by Crippen LogP contribution is 2.12. The van der Waals surface area contributed by atoms with Gasteiger partial charge in [0, 0.05) is 11.9 Å². The lowest BCUT2D eigenvalue weighted by molar-refractivity contribution is 0.282. The first-order valence-corrected chi connectivity index (χ1v) is 8.56. The number of rotatable bonds is 14. The molecule has 18 heavy (non-hydrogen) atoms. The second-order valence-electron chi connectivity index (χ2n) is 4.90. The molecule has 2 N–H and O–H groups in total. The summed E-state index contributed by atoms with van der Waals surface area (Å²) in [7, 11) is 0. The van der Waals surface area contributed by atoms with E-state index in [1.807, 2.05) is 0 Å². The Morgan fingerprint density at radius 2 is 1.44 bits per heavy atom. The lowest BCUT2D eigenvalue weighted by Gasteiger charge is -2.08. The maximum Gasteiger partial charge on any atom is 0.0431 e. The summed E-state index contributed by atoms with van der Waals surface area (Å²) in [5.74, 6) is 0.950. The zero-order valence-electron chi connectivity index (χ0n) is 11.6. The Balaban J connectivity index is 2.98. The molecule has 110 valence electrons. The minimum absolute atomic E-state index is 0.340. The molecule has 0 saturated carbocycles. The Labute approximate surface area is 124 Å². The van der Waals surface area contributed by atoms with Gasteiger partial charge >= 0.3 is 0 Å². The predicted molar refractivity (Wildman–Crippen MR) is 88.1 cm³/mol. The van der Waals surface area contributed by atoms with E-state index in [0.29, 0.717) is 11.9 Å². The normalized spacial score (nSPS) is 12.8. The van der Waals surface area contributed by atoms with E-state index >= 15 is 0 Å². The van der Waals surface area contributed by atoms with E-state index in [1.54, 1.807) is 0 Å². The average molecular weight is 294 g/mol. The van der Waals surface area contributed by atoms with Crippen LogP contribution < -0.4 is 5.32 Å². The van der Waals surface area contributed by atoms with Crippen molar-refractivity contribution in [3.63, 3.8) is 0 Å². The Morgan fingerprint density at radius 3 is 2.06 bits per heavy atom. The van der Waals surface area contributed by atoms with E-state index in [2.05, 4.69) is 30.6 Å². The Kier molecular flexibility index (Phi) is 16.2. The fraction of sp³-hybridized carbons (Fsp3) is 1.00. The van der Waals surface area contributed by atoms with Crippen molar-refractivity contribution in [3.8, 4) is 0 Å². The fourth-order valence-electron chi connectivity index (χ4n) is 1.94. The predicted octanol–water partition coefficient (Wildman–Crippen LogP) is 3.31. The van der Waals surface area contributed by atoms with Gasteiger partial charge in [-0.2, -0.15) is 25.3 Å². The highest BCUT2D eigenvalue weighted by atomic mass is 32.1. The number of thiol groups is 2. The van der Waals surface area contributed by atoms with Crippen LogP contribution in [0.2, 0.25) is 0 Å². The molecule has 0 aliphatic heterocycles. The zero-order chi connectivity index (χ0) is 13.5. The average Bonchev–Trinajstić information content (AvgIpc) is 2.36. The second kappa shape index (κ2) is 15.7. The van der Waals surface area contributed by atoms with Gasteiger partial charge in [0.05, 0.1) is 0 Å². The van der Waals surface area contributed by atoms with Gasteiger partial charge < -0.3 is 10.4 Å². The van der Waals surface area contributed by atoms with E-state index < -0.39 is 0 Å². The smallest absolute Gasteiger partial charge is 0.0431 e. The molecule has 0 bridgehead atoms. The van der Waals surface area contributed by atoms with Crippen molar-refractivity contribution >= 4 is 25.3 Å². The largest absolute Gasteiger partial charge is 0.396 e. The topological polar surface area (TPSA) is 32.3 Å². The molecule has 4 heteroatoms. The van der Waals surface area contributed by atoms with Crippen LogP contribution in [0.15, 0.2) is 0 Å². The van der Waals surface area contributed by atoms with E-state index in [9.17, 15) is 0 Å². The summed E-state index contributed by atoms with van der Waals surface area (Å²) in [4.78, 5) is 0. The highest BCUT2D eigenvalue weighted by Gasteiger charge is 2.00. The van der Waals surface area contributed by atoms with Crippen LogP contribution in [0.5, 0.6) is 0 Å². The molecule has 1 unspecified atom stereocenters. The number of hydrogen-bond donors (Lipinski definition) is 4. The standard InChI is InChI=1S/C14H31NOS2/c16-12-7-2-1-5-10-15-11-6-3-4-8-14(18)9-13-17/h14-18H,1-13H2. The molecule has 0 aromatic rings. The molecule has 2 nitrogen and oxygen atoms in total. The summed E-state index contributed by atoms with van der Waals surface area (Å²) >= 11 is 8.75. The van der Waals surface area contributed by atoms with Gasteiger partial charge in [-0.05, 0) is 50.9 Å². The van der Waals surface area contributed by atoms with E-state index in [-0.39, 0.29) is 0 Å². The van der Waals surface area contributed by atoms with Gasteiger partial charge in [0.15, 0.2) is 0 Å².